The van der Waals surface area contributed by atoms with Crippen molar-refractivity contribution in [3.8, 4) is 0 Å². The van der Waals surface area contributed by atoms with E-state index >= 15 is 0 Å². The molecule has 2 fully saturated rings. The number of hydrogen-bond donors (Lipinski definition) is 1. The first-order chi connectivity index (χ1) is 9.18. The van der Waals surface area contributed by atoms with Crippen molar-refractivity contribution in [1.82, 2.24) is 4.90 Å². The number of carbonyl (C=O) groups is 1. The maximum Gasteiger partial charge on any atom is 0.239 e. The fraction of sp³-hybridized carbons (Fsp3) is 0.929. The van der Waals surface area contributed by atoms with Gasteiger partial charge in [0.05, 0.1) is 12.6 Å². The number of likely N-dealkylation sites (N-methyl/N-ethyl adjacent to an activating group) is 1. The van der Waals surface area contributed by atoms with Crippen molar-refractivity contribution in [1.29, 1.82) is 0 Å². The molecule has 2 saturated heterocycles. The lowest BCUT2D eigenvalue weighted by Crippen LogP contribution is -2.49. The number of nitrogens with two attached hydrogens (primary N) is 1. The predicted molar refractivity (Wildman–Crippen MR) is 79.9 cm³/mol. The van der Waals surface area contributed by atoms with Gasteiger partial charge < -0.3 is 20.1 Å². The van der Waals surface area contributed by atoms with Gasteiger partial charge in [0.15, 0.2) is 0 Å². The molecule has 2 N–H and O–H groups in total. The SMILES string of the molecule is CN(CC1CCCOC1)C(=O)C(N)C1CCOCC1.Cl. The van der Waals surface area contributed by atoms with E-state index in [4.69, 9.17) is 15.2 Å². The molecule has 6 heteroatoms. The summed E-state index contributed by atoms with van der Waals surface area (Å²) in [5, 5.41) is 0. The van der Waals surface area contributed by atoms with Crippen LogP contribution >= 0.6 is 12.4 Å². The zero-order chi connectivity index (χ0) is 13.7. The maximum absolute atomic E-state index is 12.3. The quantitative estimate of drug-likeness (QED) is 0.843. The molecule has 5 nitrogen and oxygen atoms in total. The molecule has 2 heterocycles. The molecule has 0 saturated carbocycles. The van der Waals surface area contributed by atoms with Crippen LogP contribution in [0, 0.1) is 11.8 Å². The summed E-state index contributed by atoms with van der Waals surface area (Å²) in [5.41, 5.74) is 6.12. The summed E-state index contributed by atoms with van der Waals surface area (Å²) in [4.78, 5) is 14.1. The van der Waals surface area contributed by atoms with Gasteiger partial charge in [-0.3, -0.25) is 4.79 Å². The molecular weight excluding hydrogens is 280 g/mol. The highest BCUT2D eigenvalue weighted by molar-refractivity contribution is 5.85. The number of rotatable bonds is 4. The summed E-state index contributed by atoms with van der Waals surface area (Å²) in [7, 11) is 1.86. The minimum atomic E-state index is -0.376. The summed E-state index contributed by atoms with van der Waals surface area (Å²) in [5.74, 6) is 0.799. The first-order valence-corrected chi connectivity index (χ1v) is 7.34. The molecule has 0 radical (unpaired) electrons. The molecule has 118 valence electrons. The van der Waals surface area contributed by atoms with Crippen LogP contribution < -0.4 is 5.73 Å². The van der Waals surface area contributed by atoms with Crippen molar-refractivity contribution >= 4 is 18.3 Å². The number of hydrogen-bond acceptors (Lipinski definition) is 4. The van der Waals surface area contributed by atoms with Crippen molar-refractivity contribution in [2.75, 3.05) is 40.0 Å². The van der Waals surface area contributed by atoms with Gasteiger partial charge in [-0.15, -0.1) is 12.4 Å². The summed E-state index contributed by atoms with van der Waals surface area (Å²) in [6, 6.07) is -0.376. The van der Waals surface area contributed by atoms with E-state index in [0.29, 0.717) is 5.92 Å². The van der Waals surface area contributed by atoms with E-state index in [9.17, 15) is 4.79 Å². The van der Waals surface area contributed by atoms with Gasteiger partial charge >= 0.3 is 0 Å². The summed E-state index contributed by atoms with van der Waals surface area (Å²) < 4.78 is 10.8. The van der Waals surface area contributed by atoms with Crippen molar-refractivity contribution in [2.24, 2.45) is 17.6 Å². The smallest absolute Gasteiger partial charge is 0.239 e. The number of nitrogens with zero attached hydrogens (tertiary/aromatic N) is 1. The highest BCUT2D eigenvalue weighted by Crippen LogP contribution is 2.20. The van der Waals surface area contributed by atoms with E-state index in [1.54, 1.807) is 4.90 Å². The third-order valence-corrected chi connectivity index (χ3v) is 4.22. The highest BCUT2D eigenvalue weighted by atomic mass is 35.5. The molecule has 2 rings (SSSR count). The number of halogens is 1. The van der Waals surface area contributed by atoms with E-state index in [1.807, 2.05) is 7.05 Å². The predicted octanol–water partition coefficient (Wildman–Crippen LogP) is 1.05. The molecule has 0 bridgehead atoms. The molecule has 0 aromatic heterocycles. The molecule has 2 atom stereocenters. The largest absolute Gasteiger partial charge is 0.381 e. The Kier molecular flexibility index (Phi) is 7.80. The summed E-state index contributed by atoms with van der Waals surface area (Å²) in [6.45, 7) is 3.84. The van der Waals surface area contributed by atoms with Gasteiger partial charge in [0.1, 0.15) is 0 Å². The van der Waals surface area contributed by atoms with Crippen LogP contribution in [0.4, 0.5) is 0 Å². The van der Waals surface area contributed by atoms with Crippen LogP contribution in [0.1, 0.15) is 25.7 Å². The molecule has 2 unspecified atom stereocenters. The molecule has 2 aliphatic rings. The van der Waals surface area contributed by atoms with Gasteiger partial charge in [-0.25, -0.2) is 0 Å². The third-order valence-electron chi connectivity index (χ3n) is 4.22. The second-order valence-electron chi connectivity index (χ2n) is 5.78. The van der Waals surface area contributed by atoms with Crippen molar-refractivity contribution < 1.29 is 14.3 Å². The van der Waals surface area contributed by atoms with Crippen LogP contribution in [0.3, 0.4) is 0 Å². The van der Waals surface area contributed by atoms with Crippen LogP contribution in [-0.4, -0.2) is 56.9 Å². The first-order valence-electron chi connectivity index (χ1n) is 7.34. The Morgan fingerprint density at radius 3 is 2.55 bits per heavy atom. The molecule has 2 aliphatic heterocycles. The highest BCUT2D eigenvalue weighted by Gasteiger charge is 2.29. The van der Waals surface area contributed by atoms with E-state index < -0.39 is 0 Å². The van der Waals surface area contributed by atoms with Crippen molar-refractivity contribution in [3.05, 3.63) is 0 Å². The molecule has 0 aliphatic carbocycles. The number of ether oxygens (including phenoxy) is 2. The second kappa shape index (κ2) is 8.82. The van der Waals surface area contributed by atoms with Crippen LogP contribution in [0.15, 0.2) is 0 Å². The average molecular weight is 307 g/mol. The lowest BCUT2D eigenvalue weighted by atomic mass is 9.91. The zero-order valence-corrected chi connectivity index (χ0v) is 13.1. The Morgan fingerprint density at radius 1 is 1.25 bits per heavy atom. The standard InChI is InChI=1S/C14H26N2O3.ClH/c1-16(9-11-3-2-6-19-10-11)14(17)13(15)12-4-7-18-8-5-12;/h11-13H,2-10,15H2,1H3;1H. The fourth-order valence-electron chi connectivity index (χ4n) is 2.96. The lowest BCUT2D eigenvalue weighted by Gasteiger charge is -2.32. The Hall–Kier alpha value is -0.360. The molecule has 0 aromatic carbocycles. The first kappa shape index (κ1) is 17.7. The summed E-state index contributed by atoms with van der Waals surface area (Å²) >= 11 is 0. The molecular formula is C14H27ClN2O3. The van der Waals surface area contributed by atoms with Gasteiger partial charge in [-0.05, 0) is 37.5 Å². The van der Waals surface area contributed by atoms with Crippen LogP contribution in [-0.2, 0) is 14.3 Å². The average Bonchev–Trinajstić information content (AvgIpc) is 2.47. The van der Waals surface area contributed by atoms with Crippen LogP contribution in [0.25, 0.3) is 0 Å². The summed E-state index contributed by atoms with van der Waals surface area (Å²) in [6.07, 6.45) is 4.03. The second-order valence-corrected chi connectivity index (χ2v) is 5.78. The molecule has 20 heavy (non-hydrogen) atoms. The van der Waals surface area contributed by atoms with Crippen molar-refractivity contribution in [3.63, 3.8) is 0 Å². The number of carbonyl (C=O) groups excluding carboxylic acids is 1. The normalized spacial score (nSPS) is 25.6. The lowest BCUT2D eigenvalue weighted by molar-refractivity contribution is -0.134. The Morgan fingerprint density at radius 2 is 1.95 bits per heavy atom. The van der Waals surface area contributed by atoms with E-state index in [1.165, 1.54) is 0 Å². The van der Waals surface area contributed by atoms with E-state index in [-0.39, 0.29) is 30.3 Å². The molecule has 0 spiro atoms. The van der Waals surface area contributed by atoms with Crippen LogP contribution in [0.5, 0.6) is 0 Å². The molecule has 0 aromatic rings. The van der Waals surface area contributed by atoms with Gasteiger partial charge in [0.2, 0.25) is 5.91 Å². The van der Waals surface area contributed by atoms with Crippen molar-refractivity contribution in [2.45, 2.75) is 31.7 Å². The van der Waals surface area contributed by atoms with Gasteiger partial charge in [-0.2, -0.15) is 0 Å². The Bertz CT molecular complexity index is 292. The monoisotopic (exact) mass is 306 g/mol. The Labute approximate surface area is 127 Å². The van der Waals surface area contributed by atoms with E-state index in [0.717, 1.165) is 58.7 Å². The maximum atomic E-state index is 12.3. The number of amides is 1. The minimum absolute atomic E-state index is 0. The van der Waals surface area contributed by atoms with E-state index in [2.05, 4.69) is 0 Å². The van der Waals surface area contributed by atoms with Gasteiger partial charge in [0.25, 0.3) is 0 Å². The third kappa shape index (κ3) is 4.88. The van der Waals surface area contributed by atoms with Gasteiger partial charge in [0, 0.05) is 33.4 Å². The zero-order valence-electron chi connectivity index (χ0n) is 12.3. The van der Waals surface area contributed by atoms with Crippen LogP contribution in [0.2, 0.25) is 0 Å². The topological polar surface area (TPSA) is 64.8 Å². The molecule has 1 amide bonds. The van der Waals surface area contributed by atoms with Gasteiger partial charge in [-0.1, -0.05) is 0 Å². The Balaban J connectivity index is 0.00000200. The minimum Gasteiger partial charge on any atom is -0.381 e. The fourth-order valence-corrected chi connectivity index (χ4v) is 2.96.